The second-order valence-electron chi connectivity index (χ2n) is 4.30. The first-order valence-electron chi connectivity index (χ1n) is 6.42. The molecule has 1 aromatic carbocycles. The minimum absolute atomic E-state index is 0.175. The lowest BCUT2D eigenvalue weighted by Crippen LogP contribution is -2.22. The molecule has 0 aliphatic heterocycles. The van der Waals surface area contributed by atoms with Crippen molar-refractivity contribution in [3.8, 4) is 0 Å². The van der Waals surface area contributed by atoms with Gasteiger partial charge in [0.2, 0.25) is 0 Å². The largest absolute Gasteiger partial charge is 0.311 e. The van der Waals surface area contributed by atoms with Crippen molar-refractivity contribution in [3.63, 3.8) is 0 Å². The van der Waals surface area contributed by atoms with Gasteiger partial charge in [-0.3, -0.25) is 4.68 Å². The fourth-order valence-electron chi connectivity index (χ4n) is 2.01. The zero-order valence-electron chi connectivity index (χ0n) is 11.4. The van der Waals surface area contributed by atoms with Crippen LogP contribution in [0.5, 0.6) is 0 Å². The Labute approximate surface area is 137 Å². The third-order valence-corrected chi connectivity index (χ3v) is 4.90. The summed E-state index contributed by atoms with van der Waals surface area (Å²) in [5.41, 5.74) is 1.05. The van der Waals surface area contributed by atoms with Crippen LogP contribution in [0.1, 0.15) is 18.7 Å². The first-order chi connectivity index (χ1) is 9.65. The molecule has 0 amide bonds. The van der Waals surface area contributed by atoms with Gasteiger partial charge in [-0.2, -0.15) is 5.10 Å². The normalized spacial score (nSPS) is 12.6. The maximum atomic E-state index is 6.26. The molecular formula is C14H17BrClN3S. The molecule has 2 aromatic rings. The summed E-state index contributed by atoms with van der Waals surface area (Å²) in [5, 5.41) is 8.35. The summed E-state index contributed by atoms with van der Waals surface area (Å²) in [6.45, 7) is 2.89. The second-order valence-corrected chi connectivity index (χ2v) is 6.72. The van der Waals surface area contributed by atoms with Crippen molar-refractivity contribution in [2.75, 3.05) is 12.8 Å². The Bertz CT molecular complexity index is 573. The quantitative estimate of drug-likeness (QED) is 0.761. The average Bonchev–Trinajstić information content (AvgIpc) is 2.81. The zero-order valence-corrected chi connectivity index (χ0v) is 14.6. The van der Waals surface area contributed by atoms with Gasteiger partial charge in [0.05, 0.1) is 23.0 Å². The molecule has 0 spiro atoms. The van der Waals surface area contributed by atoms with Crippen molar-refractivity contribution >= 4 is 39.3 Å². The molecule has 3 nitrogen and oxygen atoms in total. The molecule has 1 unspecified atom stereocenters. The van der Waals surface area contributed by atoms with E-state index in [2.05, 4.69) is 45.4 Å². The first-order valence-corrected chi connectivity index (χ1v) is 8.58. The number of hydrogen-bond acceptors (Lipinski definition) is 3. The zero-order chi connectivity index (χ0) is 14.5. The Kier molecular flexibility index (Phi) is 5.96. The van der Waals surface area contributed by atoms with Crippen LogP contribution in [-0.2, 0) is 6.54 Å². The van der Waals surface area contributed by atoms with Gasteiger partial charge < -0.3 is 5.32 Å². The standard InChI is InChI=1S/C14H17BrClN3S/c1-3-19-14(12(16)8-18-19)13(17-2)9-20-11-6-4-5-10(15)7-11/h4-8,13,17H,3,9H2,1-2H3. The van der Waals surface area contributed by atoms with Crippen molar-refractivity contribution in [1.29, 1.82) is 0 Å². The van der Waals surface area contributed by atoms with E-state index in [4.69, 9.17) is 11.6 Å². The Balaban J connectivity index is 2.11. The third-order valence-electron chi connectivity index (χ3n) is 3.02. The maximum absolute atomic E-state index is 6.26. The summed E-state index contributed by atoms with van der Waals surface area (Å²) in [6.07, 6.45) is 1.72. The van der Waals surface area contributed by atoms with E-state index in [1.807, 2.05) is 23.9 Å². The van der Waals surface area contributed by atoms with Gasteiger partial charge >= 0.3 is 0 Å². The van der Waals surface area contributed by atoms with Crippen LogP contribution in [0.3, 0.4) is 0 Å². The molecule has 1 aromatic heterocycles. The van der Waals surface area contributed by atoms with Gasteiger partial charge in [0.1, 0.15) is 0 Å². The fourth-order valence-corrected chi connectivity index (χ4v) is 3.90. The summed E-state index contributed by atoms with van der Waals surface area (Å²) >= 11 is 11.6. The fraction of sp³-hybridized carbons (Fsp3) is 0.357. The maximum Gasteiger partial charge on any atom is 0.0834 e. The monoisotopic (exact) mass is 373 g/mol. The van der Waals surface area contributed by atoms with E-state index in [1.54, 1.807) is 18.0 Å². The summed E-state index contributed by atoms with van der Waals surface area (Å²) in [6, 6.07) is 8.48. The molecule has 6 heteroatoms. The molecule has 0 aliphatic carbocycles. The van der Waals surface area contributed by atoms with Crippen LogP contribution < -0.4 is 5.32 Å². The highest BCUT2D eigenvalue weighted by atomic mass is 79.9. The number of halogens is 2. The van der Waals surface area contributed by atoms with Crippen LogP contribution in [0.15, 0.2) is 39.8 Å². The minimum Gasteiger partial charge on any atom is -0.311 e. The van der Waals surface area contributed by atoms with Gasteiger partial charge in [0.25, 0.3) is 0 Å². The van der Waals surface area contributed by atoms with E-state index in [1.165, 1.54) is 4.90 Å². The van der Waals surface area contributed by atoms with Crippen molar-refractivity contribution in [3.05, 3.63) is 45.7 Å². The predicted molar refractivity (Wildman–Crippen MR) is 89.6 cm³/mol. The lowest BCUT2D eigenvalue weighted by molar-refractivity contribution is 0.549. The Morgan fingerprint density at radius 2 is 2.30 bits per heavy atom. The molecule has 1 N–H and O–H groups in total. The highest BCUT2D eigenvalue weighted by molar-refractivity contribution is 9.10. The number of nitrogens with one attached hydrogen (secondary N) is 1. The van der Waals surface area contributed by atoms with Gasteiger partial charge in [-0.15, -0.1) is 11.8 Å². The highest BCUT2D eigenvalue weighted by Gasteiger charge is 2.18. The van der Waals surface area contributed by atoms with E-state index in [-0.39, 0.29) is 6.04 Å². The minimum atomic E-state index is 0.175. The van der Waals surface area contributed by atoms with Crippen molar-refractivity contribution in [2.24, 2.45) is 0 Å². The molecule has 0 bridgehead atoms. The molecule has 0 aliphatic rings. The van der Waals surface area contributed by atoms with Crippen molar-refractivity contribution < 1.29 is 0 Å². The highest BCUT2D eigenvalue weighted by Crippen LogP contribution is 2.29. The van der Waals surface area contributed by atoms with Crippen LogP contribution in [0, 0.1) is 0 Å². The van der Waals surface area contributed by atoms with Crippen molar-refractivity contribution in [1.82, 2.24) is 15.1 Å². The molecule has 0 radical (unpaired) electrons. The number of thioether (sulfide) groups is 1. The van der Waals surface area contributed by atoms with Crippen LogP contribution in [0.4, 0.5) is 0 Å². The van der Waals surface area contributed by atoms with Crippen LogP contribution in [0.25, 0.3) is 0 Å². The van der Waals surface area contributed by atoms with E-state index in [0.717, 1.165) is 27.5 Å². The molecular weight excluding hydrogens is 358 g/mol. The van der Waals surface area contributed by atoms with E-state index >= 15 is 0 Å². The van der Waals surface area contributed by atoms with E-state index in [9.17, 15) is 0 Å². The van der Waals surface area contributed by atoms with Gasteiger partial charge in [0.15, 0.2) is 0 Å². The van der Waals surface area contributed by atoms with Gasteiger partial charge in [-0.1, -0.05) is 33.6 Å². The van der Waals surface area contributed by atoms with E-state index < -0.39 is 0 Å². The topological polar surface area (TPSA) is 29.9 Å². The molecule has 1 heterocycles. The van der Waals surface area contributed by atoms with E-state index in [0.29, 0.717) is 0 Å². The van der Waals surface area contributed by atoms with Crippen molar-refractivity contribution in [2.45, 2.75) is 24.4 Å². The summed E-state index contributed by atoms with van der Waals surface area (Å²) < 4.78 is 3.05. The number of aryl methyl sites for hydroxylation is 1. The van der Waals surface area contributed by atoms with Crippen LogP contribution in [0.2, 0.25) is 5.02 Å². The Morgan fingerprint density at radius 1 is 1.50 bits per heavy atom. The summed E-state index contributed by atoms with van der Waals surface area (Å²) in [7, 11) is 1.95. The summed E-state index contributed by atoms with van der Waals surface area (Å²) in [4.78, 5) is 1.23. The SMILES string of the molecule is CCn1ncc(Cl)c1C(CSc1cccc(Br)c1)NC. The molecule has 0 fully saturated rings. The van der Waals surface area contributed by atoms with Crippen LogP contribution in [-0.4, -0.2) is 22.6 Å². The second kappa shape index (κ2) is 7.50. The molecule has 1 atom stereocenters. The molecule has 0 saturated carbocycles. The number of benzene rings is 1. The number of nitrogens with zero attached hydrogens (tertiary/aromatic N) is 2. The molecule has 2 rings (SSSR count). The smallest absolute Gasteiger partial charge is 0.0834 e. The number of aromatic nitrogens is 2. The Hall–Kier alpha value is -0.490. The summed E-state index contributed by atoms with van der Waals surface area (Å²) in [5.74, 6) is 0.901. The Morgan fingerprint density at radius 3 is 2.95 bits per heavy atom. The lowest BCUT2D eigenvalue weighted by Gasteiger charge is -2.18. The van der Waals surface area contributed by atoms with Gasteiger partial charge in [0, 0.05) is 21.7 Å². The number of hydrogen-bond donors (Lipinski definition) is 1. The average molecular weight is 375 g/mol. The molecule has 0 saturated heterocycles. The molecule has 20 heavy (non-hydrogen) atoms. The first kappa shape index (κ1) is 15.9. The molecule has 108 valence electrons. The lowest BCUT2D eigenvalue weighted by atomic mass is 10.2. The van der Waals surface area contributed by atoms with Gasteiger partial charge in [-0.05, 0) is 32.2 Å². The number of rotatable bonds is 6. The predicted octanol–water partition coefficient (Wildman–Crippen LogP) is 4.37. The van der Waals surface area contributed by atoms with Gasteiger partial charge in [-0.25, -0.2) is 0 Å². The van der Waals surface area contributed by atoms with Crippen LogP contribution >= 0.6 is 39.3 Å². The third kappa shape index (κ3) is 3.79.